The molecule has 0 aromatic heterocycles. The fraction of sp³-hybridized carbons (Fsp3) is 0.500. The molecule has 0 bridgehead atoms. The molecule has 0 radical (unpaired) electrons. The molecule has 0 spiro atoms. The van der Waals surface area contributed by atoms with E-state index >= 15 is 0 Å². The summed E-state index contributed by atoms with van der Waals surface area (Å²) in [5, 5.41) is 0. The lowest BCUT2D eigenvalue weighted by Crippen LogP contribution is -2.42. The molecule has 18 heavy (non-hydrogen) atoms. The minimum Gasteiger partial charge on any atom is -0.496 e. The highest BCUT2D eigenvalue weighted by Gasteiger charge is 2.27. The number of amides is 1. The van der Waals surface area contributed by atoms with Gasteiger partial charge in [0.15, 0.2) is 0 Å². The average molecular weight is 312 g/mol. The number of benzene rings is 1. The van der Waals surface area contributed by atoms with E-state index in [-0.39, 0.29) is 5.91 Å². The summed E-state index contributed by atoms with van der Waals surface area (Å²) in [5.41, 5.74) is 0.633. The van der Waals surface area contributed by atoms with E-state index in [1.165, 1.54) is 6.42 Å². The third-order valence-electron chi connectivity index (χ3n) is 3.47. The maximum absolute atomic E-state index is 12.6. The number of halogens is 1. The monoisotopic (exact) mass is 311 g/mol. The van der Waals surface area contributed by atoms with Crippen LogP contribution in [0.3, 0.4) is 0 Å². The van der Waals surface area contributed by atoms with Gasteiger partial charge in [0.25, 0.3) is 5.91 Å². The molecule has 1 saturated heterocycles. The van der Waals surface area contributed by atoms with Gasteiger partial charge in [-0.25, -0.2) is 0 Å². The minimum absolute atomic E-state index is 0.0616. The van der Waals surface area contributed by atoms with Gasteiger partial charge in [0.05, 0.1) is 12.7 Å². The lowest BCUT2D eigenvalue weighted by molar-refractivity contribution is 0.0631. The summed E-state index contributed by atoms with van der Waals surface area (Å²) in [5.74, 6) is 0.693. The Bertz CT molecular complexity index is 447. The van der Waals surface area contributed by atoms with Gasteiger partial charge in [0.1, 0.15) is 5.75 Å². The van der Waals surface area contributed by atoms with Crippen molar-refractivity contribution in [3.05, 3.63) is 28.2 Å². The Morgan fingerprint density at radius 2 is 2.22 bits per heavy atom. The largest absolute Gasteiger partial charge is 0.496 e. The van der Waals surface area contributed by atoms with Gasteiger partial charge in [-0.1, -0.05) is 6.07 Å². The standard InChI is InChI=1S/C14H18BrNO2/c1-10-6-3-4-9-16(10)14(17)13-11(15)7-5-8-12(13)18-2/h5,7-8,10H,3-4,6,9H2,1-2H3. The van der Waals surface area contributed by atoms with Crippen molar-refractivity contribution in [3.8, 4) is 5.75 Å². The van der Waals surface area contributed by atoms with E-state index < -0.39 is 0 Å². The van der Waals surface area contributed by atoms with Crippen LogP contribution in [-0.4, -0.2) is 30.5 Å². The number of rotatable bonds is 2. The van der Waals surface area contributed by atoms with E-state index in [1.807, 2.05) is 23.1 Å². The number of carbonyl (C=O) groups is 1. The summed E-state index contributed by atoms with van der Waals surface area (Å²) in [6, 6.07) is 5.89. The second kappa shape index (κ2) is 5.74. The lowest BCUT2D eigenvalue weighted by Gasteiger charge is -2.34. The molecule has 98 valence electrons. The number of likely N-dealkylation sites (tertiary alicyclic amines) is 1. The first kappa shape index (κ1) is 13.4. The summed E-state index contributed by atoms with van der Waals surface area (Å²) < 4.78 is 6.09. The van der Waals surface area contributed by atoms with Crippen molar-refractivity contribution in [2.24, 2.45) is 0 Å². The van der Waals surface area contributed by atoms with E-state index in [1.54, 1.807) is 7.11 Å². The van der Waals surface area contributed by atoms with Crippen LogP contribution < -0.4 is 4.74 Å². The van der Waals surface area contributed by atoms with Crippen molar-refractivity contribution in [2.45, 2.75) is 32.2 Å². The molecular weight excluding hydrogens is 294 g/mol. The van der Waals surface area contributed by atoms with Gasteiger partial charge in [-0.15, -0.1) is 0 Å². The quantitative estimate of drug-likeness (QED) is 0.837. The van der Waals surface area contributed by atoms with Crippen LogP contribution in [0.25, 0.3) is 0 Å². The zero-order chi connectivity index (χ0) is 13.1. The predicted molar refractivity (Wildman–Crippen MR) is 75.0 cm³/mol. The van der Waals surface area contributed by atoms with Crippen LogP contribution in [0.4, 0.5) is 0 Å². The molecule has 4 heteroatoms. The van der Waals surface area contributed by atoms with Crippen LogP contribution in [0.1, 0.15) is 36.5 Å². The number of ether oxygens (including phenoxy) is 1. The topological polar surface area (TPSA) is 29.5 Å². The fourth-order valence-electron chi connectivity index (χ4n) is 2.43. The Labute approximate surface area is 116 Å². The second-order valence-corrected chi connectivity index (χ2v) is 5.51. The Balaban J connectivity index is 2.33. The molecule has 1 amide bonds. The first-order valence-corrected chi connectivity index (χ1v) is 7.08. The van der Waals surface area contributed by atoms with E-state index in [9.17, 15) is 4.79 Å². The van der Waals surface area contributed by atoms with Gasteiger partial charge in [0.2, 0.25) is 0 Å². The molecule has 2 rings (SSSR count). The molecule has 1 aromatic rings. The Hall–Kier alpha value is -1.03. The molecule has 1 heterocycles. The normalized spacial score (nSPS) is 19.7. The van der Waals surface area contributed by atoms with Crippen molar-refractivity contribution >= 4 is 21.8 Å². The SMILES string of the molecule is COc1cccc(Br)c1C(=O)N1CCCCC1C. The molecule has 1 aliphatic heterocycles. The number of hydrogen-bond acceptors (Lipinski definition) is 2. The van der Waals surface area contributed by atoms with Gasteiger partial charge >= 0.3 is 0 Å². The van der Waals surface area contributed by atoms with Crippen molar-refractivity contribution in [2.75, 3.05) is 13.7 Å². The van der Waals surface area contributed by atoms with Crippen LogP contribution in [0.15, 0.2) is 22.7 Å². The Kier molecular flexibility index (Phi) is 4.27. The molecule has 1 fully saturated rings. The summed E-state index contributed by atoms with van der Waals surface area (Å²) in [6.07, 6.45) is 3.37. The highest BCUT2D eigenvalue weighted by Crippen LogP contribution is 2.30. The molecule has 1 unspecified atom stereocenters. The number of piperidine rings is 1. The molecule has 1 aliphatic rings. The van der Waals surface area contributed by atoms with E-state index in [4.69, 9.17) is 4.74 Å². The maximum Gasteiger partial charge on any atom is 0.259 e. The van der Waals surface area contributed by atoms with Crippen molar-refractivity contribution in [3.63, 3.8) is 0 Å². The number of methoxy groups -OCH3 is 1. The zero-order valence-corrected chi connectivity index (χ0v) is 12.4. The second-order valence-electron chi connectivity index (χ2n) is 4.66. The van der Waals surface area contributed by atoms with Gasteiger partial charge < -0.3 is 9.64 Å². The Morgan fingerprint density at radius 3 is 2.89 bits per heavy atom. The van der Waals surface area contributed by atoms with Crippen LogP contribution in [0.5, 0.6) is 5.75 Å². The predicted octanol–water partition coefficient (Wildman–Crippen LogP) is 3.47. The van der Waals surface area contributed by atoms with Crippen molar-refractivity contribution in [1.29, 1.82) is 0 Å². The summed E-state index contributed by atoms with van der Waals surface area (Å²) in [7, 11) is 1.60. The Morgan fingerprint density at radius 1 is 1.44 bits per heavy atom. The molecular formula is C14H18BrNO2. The molecule has 0 saturated carbocycles. The fourth-order valence-corrected chi connectivity index (χ4v) is 2.94. The van der Waals surface area contributed by atoms with Gasteiger partial charge in [-0.3, -0.25) is 4.79 Å². The van der Waals surface area contributed by atoms with Gasteiger partial charge in [-0.2, -0.15) is 0 Å². The molecule has 0 aliphatic carbocycles. The van der Waals surface area contributed by atoms with Gasteiger partial charge in [0, 0.05) is 17.1 Å². The number of hydrogen-bond donors (Lipinski definition) is 0. The molecule has 3 nitrogen and oxygen atoms in total. The first-order chi connectivity index (χ1) is 8.65. The van der Waals surface area contributed by atoms with Crippen LogP contribution in [0.2, 0.25) is 0 Å². The van der Waals surface area contributed by atoms with Crippen molar-refractivity contribution in [1.82, 2.24) is 4.90 Å². The van der Waals surface area contributed by atoms with E-state index in [0.29, 0.717) is 17.4 Å². The third-order valence-corrected chi connectivity index (χ3v) is 4.13. The first-order valence-electron chi connectivity index (χ1n) is 6.28. The number of carbonyl (C=O) groups excluding carboxylic acids is 1. The zero-order valence-electron chi connectivity index (χ0n) is 10.8. The molecule has 1 aromatic carbocycles. The summed E-state index contributed by atoms with van der Waals surface area (Å²) >= 11 is 3.45. The van der Waals surface area contributed by atoms with Crippen LogP contribution in [-0.2, 0) is 0 Å². The molecule has 1 atom stereocenters. The average Bonchev–Trinajstić information content (AvgIpc) is 2.38. The highest BCUT2D eigenvalue weighted by molar-refractivity contribution is 9.10. The lowest BCUT2D eigenvalue weighted by atomic mass is 10.0. The minimum atomic E-state index is 0.0616. The van der Waals surface area contributed by atoms with E-state index in [0.717, 1.165) is 23.9 Å². The third kappa shape index (κ3) is 2.53. The maximum atomic E-state index is 12.6. The smallest absolute Gasteiger partial charge is 0.259 e. The number of nitrogens with zero attached hydrogens (tertiary/aromatic N) is 1. The summed E-state index contributed by atoms with van der Waals surface area (Å²) in [6.45, 7) is 2.95. The highest BCUT2D eigenvalue weighted by atomic mass is 79.9. The van der Waals surface area contributed by atoms with Crippen LogP contribution in [0, 0.1) is 0 Å². The summed E-state index contributed by atoms with van der Waals surface area (Å²) in [4.78, 5) is 14.6. The van der Waals surface area contributed by atoms with Gasteiger partial charge in [-0.05, 0) is 54.2 Å². The van der Waals surface area contributed by atoms with Crippen molar-refractivity contribution < 1.29 is 9.53 Å². The van der Waals surface area contributed by atoms with E-state index in [2.05, 4.69) is 22.9 Å². The molecule has 0 N–H and O–H groups in total. The van der Waals surface area contributed by atoms with Crippen LogP contribution >= 0.6 is 15.9 Å².